The molecule has 0 radical (unpaired) electrons. The molecular weight excluding hydrogens is 623 g/mol. The lowest BCUT2D eigenvalue weighted by atomic mass is 10.2. The lowest BCUT2D eigenvalue weighted by Gasteiger charge is -2.29. The highest BCUT2D eigenvalue weighted by atomic mass is 31.2. The van der Waals surface area contributed by atoms with Crippen molar-refractivity contribution in [3.8, 4) is 0 Å². The molecule has 0 unspecified atom stereocenters. The molecule has 0 saturated carbocycles. The number of halogens is 12. The Balaban J connectivity index is 2.07. The van der Waals surface area contributed by atoms with Crippen molar-refractivity contribution in [1.29, 1.82) is 0 Å². The lowest BCUT2D eigenvalue weighted by molar-refractivity contribution is 0.0838. The smallest absolute Gasteiger partial charge is 0.222 e. The summed E-state index contributed by atoms with van der Waals surface area (Å²) in [7, 11) is -6.18. The first-order chi connectivity index (χ1) is 18.9. The molecule has 23 heteroatoms. The first-order valence-corrected chi connectivity index (χ1v) is 11.2. The number of benzene rings is 3. The van der Waals surface area contributed by atoms with E-state index in [1.807, 2.05) is 0 Å². The molecule has 10 nitrogen and oxygen atoms in total. The Morgan fingerprint density at radius 3 is 0.878 bits per heavy atom. The van der Waals surface area contributed by atoms with E-state index in [0.29, 0.717) is 0 Å². The number of nitrogens with two attached hydrogens (primary N) is 3. The molecule has 0 atom stereocenters. The highest BCUT2D eigenvalue weighted by Crippen LogP contribution is 2.53. The van der Waals surface area contributed by atoms with Crippen molar-refractivity contribution < 1.29 is 71.1 Å². The molecule has 3 aromatic carbocycles. The van der Waals surface area contributed by atoms with Crippen molar-refractivity contribution in [2.45, 2.75) is 0 Å². The maximum Gasteiger partial charge on any atom is 0.543 e. The van der Waals surface area contributed by atoms with Crippen molar-refractivity contribution in [3.63, 3.8) is 0 Å². The topological polar surface area (TPSA) is 133 Å². The van der Waals surface area contributed by atoms with Gasteiger partial charge in [-0.15, -0.1) is 13.9 Å². The molecule has 0 spiro atoms. The van der Waals surface area contributed by atoms with Crippen LogP contribution in [0.15, 0.2) is 18.2 Å². The molecule has 0 saturated heterocycles. The van der Waals surface area contributed by atoms with Gasteiger partial charge in [-0.2, -0.15) is 15.5 Å². The quantitative estimate of drug-likeness (QED) is 0.0762. The van der Waals surface area contributed by atoms with Crippen LogP contribution in [0.5, 0.6) is 0 Å². The Labute approximate surface area is 217 Å². The van der Waals surface area contributed by atoms with Crippen LogP contribution >= 0.6 is 7.82 Å². The summed E-state index contributed by atoms with van der Waals surface area (Å²) in [6.45, 7) is 0. The number of hydrazine groups is 3. The molecule has 41 heavy (non-hydrogen) atoms. The maximum atomic E-state index is 14.1. The van der Waals surface area contributed by atoms with Gasteiger partial charge < -0.3 is 0 Å². The average molecular weight is 632 g/mol. The van der Waals surface area contributed by atoms with E-state index < -0.39 is 110 Å². The molecule has 0 amide bonds. The summed E-state index contributed by atoms with van der Waals surface area (Å²) in [4.78, 5) is 0. The standard InChI is InChI=1S/C18H9F12N6O4P/c19-4-1-7(13(25)16(28)10(4)22)34(31)38-41(37,39-35(32)8-2-5(20)11(23)17(29)14(8)26)40-36(33)9-3-6(21)12(24)18(30)15(9)27/h1-3H,31-33H2. The van der Waals surface area contributed by atoms with Crippen molar-refractivity contribution in [1.82, 2.24) is 0 Å². The zero-order valence-corrected chi connectivity index (χ0v) is 19.8. The van der Waals surface area contributed by atoms with Crippen LogP contribution in [0, 0.1) is 69.8 Å². The first kappa shape index (κ1) is 31.7. The minimum atomic E-state index is -6.18. The highest BCUT2D eigenvalue weighted by Gasteiger charge is 2.40. The van der Waals surface area contributed by atoms with Gasteiger partial charge >= 0.3 is 7.82 Å². The van der Waals surface area contributed by atoms with Gasteiger partial charge in [-0.3, -0.25) is 0 Å². The summed E-state index contributed by atoms with van der Waals surface area (Å²) in [6, 6.07) is -0.645. The van der Waals surface area contributed by atoms with Crippen LogP contribution in [0.25, 0.3) is 0 Å². The third-order valence-corrected chi connectivity index (χ3v) is 5.65. The summed E-state index contributed by atoms with van der Waals surface area (Å²) in [6.07, 6.45) is 0. The van der Waals surface area contributed by atoms with E-state index in [1.54, 1.807) is 0 Å². The molecule has 6 N–H and O–H groups in total. The predicted octanol–water partition coefficient (Wildman–Crippen LogP) is 4.70. The number of hydrogen-bond donors (Lipinski definition) is 3. The van der Waals surface area contributed by atoms with Crippen molar-refractivity contribution in [2.75, 3.05) is 15.5 Å². The van der Waals surface area contributed by atoms with Crippen LogP contribution in [0.4, 0.5) is 69.7 Å². The molecule has 0 aromatic heterocycles. The molecule has 0 heterocycles. The Hall–Kier alpha value is -3.79. The molecule has 0 aliphatic carbocycles. The van der Waals surface area contributed by atoms with Gasteiger partial charge in [0, 0.05) is 18.2 Å². The van der Waals surface area contributed by atoms with Crippen molar-refractivity contribution >= 4 is 24.9 Å². The Morgan fingerprint density at radius 2 is 0.659 bits per heavy atom. The van der Waals surface area contributed by atoms with Crippen molar-refractivity contribution in [2.24, 2.45) is 17.5 Å². The largest absolute Gasteiger partial charge is 0.543 e. The minimum absolute atomic E-state index is 0.215. The van der Waals surface area contributed by atoms with Gasteiger partial charge in [-0.1, -0.05) is 0 Å². The molecule has 0 bridgehead atoms. The van der Waals surface area contributed by atoms with Crippen LogP contribution < -0.4 is 33.0 Å². The normalized spacial score (nSPS) is 11.7. The van der Waals surface area contributed by atoms with Gasteiger partial charge in [0.15, 0.2) is 69.8 Å². The number of rotatable bonds is 9. The maximum absolute atomic E-state index is 14.1. The minimum Gasteiger partial charge on any atom is -0.222 e. The molecule has 3 rings (SSSR count). The van der Waals surface area contributed by atoms with Crippen LogP contribution in [-0.2, 0) is 18.4 Å². The van der Waals surface area contributed by atoms with Crippen LogP contribution in [0.2, 0.25) is 0 Å². The third-order valence-electron chi connectivity index (χ3n) is 4.53. The number of phosphoric acid groups is 1. The zero-order valence-electron chi connectivity index (χ0n) is 18.9. The van der Waals surface area contributed by atoms with Gasteiger partial charge in [0.2, 0.25) is 0 Å². The third kappa shape index (κ3) is 6.12. The fourth-order valence-corrected chi connectivity index (χ4v) is 3.66. The van der Waals surface area contributed by atoms with E-state index in [9.17, 15) is 57.3 Å². The van der Waals surface area contributed by atoms with Gasteiger partial charge in [0.05, 0.1) is 0 Å². The van der Waals surface area contributed by atoms with E-state index in [2.05, 4.69) is 13.9 Å². The summed E-state index contributed by atoms with van der Waals surface area (Å²) in [5, 5.41) is -2.23. The van der Waals surface area contributed by atoms with E-state index in [1.165, 1.54) is 0 Å². The van der Waals surface area contributed by atoms with Crippen LogP contribution in [-0.4, -0.2) is 0 Å². The van der Waals surface area contributed by atoms with E-state index in [-0.39, 0.29) is 18.2 Å². The van der Waals surface area contributed by atoms with Gasteiger partial charge in [0.1, 0.15) is 17.1 Å². The van der Waals surface area contributed by atoms with E-state index in [0.717, 1.165) is 0 Å². The van der Waals surface area contributed by atoms with Crippen molar-refractivity contribution in [3.05, 3.63) is 88.0 Å². The van der Waals surface area contributed by atoms with Gasteiger partial charge in [-0.25, -0.2) is 74.8 Å². The monoisotopic (exact) mass is 632 g/mol. The average Bonchev–Trinajstić information content (AvgIpc) is 2.90. The van der Waals surface area contributed by atoms with Crippen LogP contribution in [0.1, 0.15) is 0 Å². The SMILES string of the molecule is NN(OP(=O)(ON(N)c1cc(F)c(F)c(F)c1F)ON(N)c1cc(F)c(F)c(F)c1F)c1cc(F)c(F)c(F)c1F. The molecule has 0 fully saturated rings. The second kappa shape index (κ2) is 11.6. The summed E-state index contributed by atoms with van der Waals surface area (Å²) < 4.78 is 190. The second-order valence-electron chi connectivity index (χ2n) is 7.13. The fourth-order valence-electron chi connectivity index (χ4n) is 2.66. The Kier molecular flexibility index (Phi) is 8.98. The molecular formula is C18H9F12N6O4P. The Morgan fingerprint density at radius 1 is 0.439 bits per heavy atom. The molecule has 224 valence electrons. The molecule has 0 aliphatic rings. The van der Waals surface area contributed by atoms with Gasteiger partial charge in [0.25, 0.3) is 0 Å². The first-order valence-electron chi connectivity index (χ1n) is 9.72. The number of hydrogen-bond acceptors (Lipinski definition) is 10. The van der Waals surface area contributed by atoms with Crippen LogP contribution in [0.3, 0.4) is 0 Å². The van der Waals surface area contributed by atoms with E-state index in [4.69, 9.17) is 17.5 Å². The summed E-state index contributed by atoms with van der Waals surface area (Å²) in [5.41, 5.74) is -4.97. The Bertz CT molecular complexity index is 1390. The number of anilines is 3. The second-order valence-corrected chi connectivity index (χ2v) is 8.51. The summed E-state index contributed by atoms with van der Waals surface area (Å²) in [5.74, 6) is -12.6. The molecule has 3 aromatic rings. The highest BCUT2D eigenvalue weighted by molar-refractivity contribution is 7.48. The lowest BCUT2D eigenvalue weighted by Crippen LogP contribution is -2.39. The fraction of sp³-hybridized carbons (Fsp3) is 0. The van der Waals surface area contributed by atoms with Gasteiger partial charge in [-0.05, 0) is 0 Å². The predicted molar refractivity (Wildman–Crippen MR) is 110 cm³/mol. The van der Waals surface area contributed by atoms with E-state index >= 15 is 0 Å². The number of nitrogens with zero attached hydrogens (tertiary/aromatic N) is 3. The summed E-state index contributed by atoms with van der Waals surface area (Å²) >= 11 is 0. The zero-order chi connectivity index (χ0) is 31.1. The molecule has 0 aliphatic heterocycles.